The van der Waals surface area contributed by atoms with Crippen LogP contribution in [0.15, 0.2) is 48.5 Å². The van der Waals surface area contributed by atoms with Crippen LogP contribution in [0.3, 0.4) is 0 Å². The maximum Gasteiger partial charge on any atom is 0.225 e. The largest absolute Gasteiger partial charge is 0.383 e. The minimum absolute atomic E-state index is 0.295. The zero-order valence-corrected chi connectivity index (χ0v) is 14.4. The first-order chi connectivity index (χ1) is 13.0. The lowest BCUT2D eigenvalue weighted by Gasteiger charge is -2.09. The minimum Gasteiger partial charge on any atom is -0.383 e. The number of aromatic nitrogens is 4. The number of benzene rings is 2. The van der Waals surface area contributed by atoms with Gasteiger partial charge in [-0.25, -0.2) is 13.8 Å². The molecule has 2 heterocycles. The number of aryl methyl sites for hydroxylation is 1. The Labute approximate surface area is 153 Å². The van der Waals surface area contributed by atoms with Gasteiger partial charge >= 0.3 is 0 Å². The summed E-state index contributed by atoms with van der Waals surface area (Å²) in [5, 5.41) is 7.91. The second-order valence-electron chi connectivity index (χ2n) is 6.10. The molecular formula is C19H16F2N6. The van der Waals surface area contributed by atoms with Crippen molar-refractivity contribution in [2.24, 2.45) is 7.05 Å². The average Bonchev–Trinajstić information content (AvgIpc) is 2.93. The number of anilines is 2. The zero-order valence-electron chi connectivity index (χ0n) is 14.4. The van der Waals surface area contributed by atoms with E-state index in [0.29, 0.717) is 40.6 Å². The highest BCUT2D eigenvalue weighted by Gasteiger charge is 2.17. The monoisotopic (exact) mass is 366 g/mol. The maximum absolute atomic E-state index is 13.7. The second kappa shape index (κ2) is 6.64. The number of rotatable bonds is 4. The lowest BCUT2D eigenvalue weighted by atomic mass is 10.1. The first-order valence-corrected chi connectivity index (χ1v) is 8.26. The van der Waals surface area contributed by atoms with Crippen LogP contribution in [0.1, 0.15) is 5.56 Å². The van der Waals surface area contributed by atoms with Crippen LogP contribution >= 0.6 is 0 Å². The molecule has 0 saturated heterocycles. The van der Waals surface area contributed by atoms with Crippen molar-refractivity contribution in [3.63, 3.8) is 0 Å². The van der Waals surface area contributed by atoms with Crippen molar-refractivity contribution in [1.29, 1.82) is 0 Å². The molecule has 3 N–H and O–H groups in total. The van der Waals surface area contributed by atoms with Crippen molar-refractivity contribution in [2.45, 2.75) is 6.54 Å². The third-order valence-corrected chi connectivity index (χ3v) is 4.18. The molecule has 4 aromatic rings. The highest BCUT2D eigenvalue weighted by molar-refractivity contribution is 5.98. The standard InChI is InChI=1S/C19H16F2N6/c1-27-17(22)15-16(12-5-3-7-14(21)9-12)24-19(25-18(15)26-27)23-10-11-4-2-6-13(20)8-11/h2-9H,10,22H2,1H3,(H,23,25,26). The number of hydrogen-bond acceptors (Lipinski definition) is 5. The van der Waals surface area contributed by atoms with Gasteiger partial charge in [-0.2, -0.15) is 10.1 Å². The van der Waals surface area contributed by atoms with E-state index >= 15 is 0 Å². The molecule has 0 unspecified atom stereocenters. The van der Waals surface area contributed by atoms with E-state index in [1.165, 1.54) is 28.9 Å². The molecule has 2 aromatic heterocycles. The predicted octanol–water partition coefficient (Wildman–Crippen LogP) is 3.50. The summed E-state index contributed by atoms with van der Waals surface area (Å²) >= 11 is 0. The van der Waals surface area contributed by atoms with Crippen LogP contribution < -0.4 is 11.1 Å². The second-order valence-corrected chi connectivity index (χ2v) is 6.10. The van der Waals surface area contributed by atoms with Gasteiger partial charge in [-0.05, 0) is 29.8 Å². The van der Waals surface area contributed by atoms with E-state index in [1.54, 1.807) is 31.3 Å². The van der Waals surface area contributed by atoms with E-state index in [2.05, 4.69) is 20.4 Å². The van der Waals surface area contributed by atoms with Crippen LogP contribution in [0.4, 0.5) is 20.5 Å². The minimum atomic E-state index is -0.379. The average molecular weight is 366 g/mol. The number of nitrogens with zero attached hydrogens (tertiary/aromatic N) is 4. The normalized spacial score (nSPS) is 11.1. The first kappa shape index (κ1) is 16.9. The highest BCUT2D eigenvalue weighted by atomic mass is 19.1. The van der Waals surface area contributed by atoms with Crippen LogP contribution in [-0.2, 0) is 13.6 Å². The summed E-state index contributed by atoms with van der Waals surface area (Å²) in [6.45, 7) is 0.328. The summed E-state index contributed by atoms with van der Waals surface area (Å²) in [5.41, 5.74) is 8.29. The van der Waals surface area contributed by atoms with Crippen LogP contribution in [0.5, 0.6) is 0 Å². The Hall–Kier alpha value is -3.55. The third kappa shape index (κ3) is 3.29. The van der Waals surface area contributed by atoms with Crippen LogP contribution in [0.25, 0.3) is 22.3 Å². The number of nitrogens with one attached hydrogen (secondary N) is 1. The van der Waals surface area contributed by atoms with Gasteiger partial charge < -0.3 is 11.1 Å². The quantitative estimate of drug-likeness (QED) is 0.578. The van der Waals surface area contributed by atoms with Crippen molar-refractivity contribution in [1.82, 2.24) is 19.7 Å². The molecule has 136 valence electrons. The first-order valence-electron chi connectivity index (χ1n) is 8.26. The number of hydrogen-bond donors (Lipinski definition) is 2. The van der Waals surface area contributed by atoms with E-state index in [-0.39, 0.29) is 11.6 Å². The van der Waals surface area contributed by atoms with Gasteiger partial charge in [-0.3, -0.25) is 4.68 Å². The predicted molar refractivity (Wildman–Crippen MR) is 99.8 cm³/mol. The van der Waals surface area contributed by atoms with Gasteiger partial charge in [0.2, 0.25) is 5.95 Å². The Kier molecular flexibility index (Phi) is 4.15. The molecule has 0 saturated carbocycles. The lowest BCUT2D eigenvalue weighted by Crippen LogP contribution is -2.05. The SMILES string of the molecule is Cn1nc2nc(NCc3cccc(F)c3)nc(-c3cccc(F)c3)c2c1N. The van der Waals surface area contributed by atoms with Crippen molar-refractivity contribution < 1.29 is 8.78 Å². The van der Waals surface area contributed by atoms with Gasteiger partial charge in [0.25, 0.3) is 0 Å². The van der Waals surface area contributed by atoms with Gasteiger partial charge in [0.1, 0.15) is 17.5 Å². The zero-order chi connectivity index (χ0) is 19.0. The fraction of sp³-hybridized carbons (Fsp3) is 0.105. The van der Waals surface area contributed by atoms with E-state index in [0.717, 1.165) is 5.56 Å². The molecule has 0 amide bonds. The summed E-state index contributed by atoms with van der Waals surface area (Å²) < 4.78 is 28.6. The van der Waals surface area contributed by atoms with Crippen LogP contribution in [0, 0.1) is 11.6 Å². The fourth-order valence-electron chi connectivity index (χ4n) is 2.87. The molecule has 0 aliphatic rings. The van der Waals surface area contributed by atoms with Crippen molar-refractivity contribution in [3.05, 3.63) is 65.7 Å². The smallest absolute Gasteiger partial charge is 0.225 e. The molecular weight excluding hydrogens is 350 g/mol. The maximum atomic E-state index is 13.7. The topological polar surface area (TPSA) is 81.7 Å². The Morgan fingerprint density at radius 1 is 1.04 bits per heavy atom. The number of fused-ring (bicyclic) bond motifs is 1. The van der Waals surface area contributed by atoms with Crippen molar-refractivity contribution in [3.8, 4) is 11.3 Å². The summed E-state index contributed by atoms with van der Waals surface area (Å²) in [6.07, 6.45) is 0. The van der Waals surface area contributed by atoms with E-state index < -0.39 is 0 Å². The molecule has 6 nitrogen and oxygen atoms in total. The van der Waals surface area contributed by atoms with Gasteiger partial charge in [-0.1, -0.05) is 24.3 Å². The lowest BCUT2D eigenvalue weighted by molar-refractivity contribution is 0.626. The molecule has 0 spiro atoms. The number of halogens is 2. The van der Waals surface area contributed by atoms with E-state index in [1.807, 2.05) is 0 Å². The Morgan fingerprint density at radius 2 is 1.78 bits per heavy atom. The molecule has 8 heteroatoms. The Balaban J connectivity index is 1.78. The van der Waals surface area contributed by atoms with Gasteiger partial charge in [0, 0.05) is 19.2 Å². The number of nitrogen functional groups attached to an aromatic ring is 1. The summed E-state index contributed by atoms with van der Waals surface area (Å²) in [7, 11) is 1.70. The molecule has 27 heavy (non-hydrogen) atoms. The van der Waals surface area contributed by atoms with Gasteiger partial charge in [0.05, 0.1) is 11.1 Å². The molecule has 0 bridgehead atoms. The molecule has 2 aromatic carbocycles. The van der Waals surface area contributed by atoms with Gasteiger partial charge in [0.15, 0.2) is 5.65 Å². The molecule has 0 aliphatic carbocycles. The molecule has 0 fully saturated rings. The van der Waals surface area contributed by atoms with Crippen LogP contribution in [-0.4, -0.2) is 19.7 Å². The van der Waals surface area contributed by atoms with Crippen LogP contribution in [0.2, 0.25) is 0 Å². The summed E-state index contributed by atoms with van der Waals surface area (Å²) in [5.74, 6) is -0.00956. The van der Waals surface area contributed by atoms with E-state index in [9.17, 15) is 8.78 Å². The fourth-order valence-corrected chi connectivity index (χ4v) is 2.87. The van der Waals surface area contributed by atoms with E-state index in [4.69, 9.17) is 5.73 Å². The molecule has 0 aliphatic heterocycles. The molecule has 4 rings (SSSR count). The summed E-state index contributed by atoms with van der Waals surface area (Å²) in [4.78, 5) is 8.89. The Bertz CT molecular complexity index is 1140. The van der Waals surface area contributed by atoms with Crippen molar-refractivity contribution in [2.75, 3.05) is 11.1 Å². The van der Waals surface area contributed by atoms with Gasteiger partial charge in [-0.15, -0.1) is 0 Å². The summed E-state index contributed by atoms with van der Waals surface area (Å²) in [6, 6.07) is 12.3. The number of nitrogens with two attached hydrogens (primary N) is 1. The molecule has 0 atom stereocenters. The molecule has 0 radical (unpaired) electrons. The third-order valence-electron chi connectivity index (χ3n) is 4.18. The highest BCUT2D eigenvalue weighted by Crippen LogP contribution is 2.31. The Morgan fingerprint density at radius 3 is 2.52 bits per heavy atom. The van der Waals surface area contributed by atoms with Crippen molar-refractivity contribution >= 4 is 22.8 Å².